The van der Waals surface area contributed by atoms with Crippen molar-refractivity contribution in [1.29, 1.82) is 0 Å². The van der Waals surface area contributed by atoms with Crippen molar-refractivity contribution in [3.63, 3.8) is 0 Å². The summed E-state index contributed by atoms with van der Waals surface area (Å²) in [7, 11) is 1.66. The Balaban J connectivity index is 0.00000529. The fourth-order valence-corrected chi connectivity index (χ4v) is 2.54. The molecular weight excluding hydrogens is 341 g/mol. The summed E-state index contributed by atoms with van der Waals surface area (Å²) < 4.78 is 38.6. The average Bonchev–Trinajstić information content (AvgIpc) is 2.47. The highest BCUT2D eigenvalue weighted by Gasteiger charge is 2.32. The number of carbonyl (C=O) groups is 1. The third kappa shape index (κ3) is 5.98. The molecule has 138 valence electrons. The van der Waals surface area contributed by atoms with Crippen LogP contribution < -0.4 is 5.73 Å². The van der Waals surface area contributed by atoms with Crippen LogP contribution in [-0.4, -0.2) is 30.9 Å². The topological polar surface area (TPSA) is 46.3 Å². The van der Waals surface area contributed by atoms with Gasteiger partial charge in [-0.2, -0.15) is 13.2 Å². The number of alkyl halides is 3. The van der Waals surface area contributed by atoms with Gasteiger partial charge in [-0.3, -0.25) is 4.79 Å². The van der Waals surface area contributed by atoms with Crippen LogP contribution in [0.4, 0.5) is 13.2 Å². The average molecular weight is 367 g/mol. The van der Waals surface area contributed by atoms with Crippen molar-refractivity contribution in [2.45, 2.75) is 39.3 Å². The largest absolute Gasteiger partial charge is 0.416 e. The molecule has 7 heteroatoms. The van der Waals surface area contributed by atoms with Gasteiger partial charge in [0.15, 0.2) is 0 Å². The van der Waals surface area contributed by atoms with Gasteiger partial charge in [0.1, 0.15) is 0 Å². The lowest BCUT2D eigenvalue weighted by molar-refractivity contribution is -0.138. The van der Waals surface area contributed by atoms with E-state index in [4.69, 9.17) is 5.73 Å². The second kappa shape index (κ2) is 8.72. The molecule has 1 aromatic carbocycles. The predicted octanol–water partition coefficient (Wildman–Crippen LogP) is 4.06. The molecule has 0 aromatic heterocycles. The van der Waals surface area contributed by atoms with E-state index in [2.05, 4.69) is 0 Å². The highest BCUT2D eigenvalue weighted by Crippen LogP contribution is 2.32. The van der Waals surface area contributed by atoms with Crippen LogP contribution in [0.2, 0.25) is 0 Å². The summed E-state index contributed by atoms with van der Waals surface area (Å²) in [5.41, 5.74) is 5.10. The third-order valence-corrected chi connectivity index (χ3v) is 3.92. The molecular formula is C17H26ClF3N2O. The Kier molecular flexibility index (Phi) is 8.26. The van der Waals surface area contributed by atoms with Crippen LogP contribution in [0, 0.1) is 5.41 Å². The predicted molar refractivity (Wildman–Crippen MR) is 92.2 cm³/mol. The number of amides is 1. The molecule has 0 saturated carbocycles. The van der Waals surface area contributed by atoms with Gasteiger partial charge in [0, 0.05) is 13.6 Å². The maximum atomic E-state index is 12.9. The van der Waals surface area contributed by atoms with Crippen molar-refractivity contribution in [3.8, 4) is 0 Å². The monoisotopic (exact) mass is 366 g/mol. The number of hydrogen-bond donors (Lipinski definition) is 1. The maximum Gasteiger partial charge on any atom is 0.416 e. The molecule has 0 saturated heterocycles. The van der Waals surface area contributed by atoms with Crippen LogP contribution in [0.3, 0.4) is 0 Å². The molecule has 1 atom stereocenters. The van der Waals surface area contributed by atoms with Crippen molar-refractivity contribution in [2.24, 2.45) is 11.1 Å². The van der Waals surface area contributed by atoms with Gasteiger partial charge in [0.25, 0.3) is 0 Å². The number of hydrogen-bond acceptors (Lipinski definition) is 2. The Hall–Kier alpha value is -1.27. The van der Waals surface area contributed by atoms with Crippen LogP contribution in [0.1, 0.15) is 44.2 Å². The Labute approximate surface area is 147 Å². The standard InChI is InChI=1S/C17H25F3N2O.ClH/c1-5-14(15(23)22(4)11-16(2,3)10-21)12-7-6-8-13(9-12)17(18,19)20;/h6-9,14H,5,10-11,21H2,1-4H3;1H. The summed E-state index contributed by atoms with van der Waals surface area (Å²) in [6, 6.07) is 5.00. The Morgan fingerprint density at radius 3 is 2.33 bits per heavy atom. The zero-order chi connectivity index (χ0) is 17.8. The fourth-order valence-electron chi connectivity index (χ4n) is 2.54. The number of rotatable bonds is 6. The minimum atomic E-state index is -4.41. The third-order valence-electron chi connectivity index (χ3n) is 3.92. The van der Waals surface area contributed by atoms with E-state index in [1.54, 1.807) is 24.9 Å². The van der Waals surface area contributed by atoms with Crippen LogP contribution in [0.5, 0.6) is 0 Å². The summed E-state index contributed by atoms with van der Waals surface area (Å²) >= 11 is 0. The molecule has 2 N–H and O–H groups in total. The number of carbonyl (C=O) groups excluding carboxylic acids is 1. The van der Waals surface area contributed by atoms with Crippen LogP contribution in [-0.2, 0) is 11.0 Å². The van der Waals surface area contributed by atoms with E-state index in [1.807, 2.05) is 13.8 Å². The molecule has 0 heterocycles. The van der Waals surface area contributed by atoms with Gasteiger partial charge in [-0.1, -0.05) is 39.0 Å². The summed E-state index contributed by atoms with van der Waals surface area (Å²) in [4.78, 5) is 14.2. The SMILES string of the molecule is CCC(C(=O)N(C)CC(C)(C)CN)c1cccc(C(F)(F)F)c1.Cl. The molecule has 0 radical (unpaired) electrons. The number of nitrogens with two attached hydrogens (primary N) is 1. The van der Waals surface area contributed by atoms with E-state index in [9.17, 15) is 18.0 Å². The van der Waals surface area contributed by atoms with Crippen molar-refractivity contribution in [2.75, 3.05) is 20.1 Å². The lowest BCUT2D eigenvalue weighted by Crippen LogP contribution is -2.41. The molecule has 1 amide bonds. The molecule has 0 aliphatic rings. The zero-order valence-electron chi connectivity index (χ0n) is 14.5. The Morgan fingerprint density at radius 2 is 1.88 bits per heavy atom. The zero-order valence-corrected chi connectivity index (χ0v) is 15.3. The quantitative estimate of drug-likeness (QED) is 0.825. The fraction of sp³-hybridized carbons (Fsp3) is 0.588. The molecule has 1 rings (SSSR count). The van der Waals surface area contributed by atoms with Gasteiger partial charge in [-0.05, 0) is 30.0 Å². The van der Waals surface area contributed by atoms with Gasteiger partial charge in [-0.25, -0.2) is 0 Å². The first-order valence-electron chi connectivity index (χ1n) is 7.64. The van der Waals surface area contributed by atoms with E-state index in [0.29, 0.717) is 25.1 Å². The van der Waals surface area contributed by atoms with Crippen LogP contribution in [0.25, 0.3) is 0 Å². The van der Waals surface area contributed by atoms with Gasteiger partial charge in [0.2, 0.25) is 5.91 Å². The van der Waals surface area contributed by atoms with Crippen molar-refractivity contribution < 1.29 is 18.0 Å². The lowest BCUT2D eigenvalue weighted by Gasteiger charge is -2.31. The summed E-state index contributed by atoms with van der Waals surface area (Å²) in [6.45, 7) is 6.57. The molecule has 3 nitrogen and oxygen atoms in total. The Bertz CT molecular complexity index is 547. The van der Waals surface area contributed by atoms with E-state index >= 15 is 0 Å². The lowest BCUT2D eigenvalue weighted by atomic mass is 9.90. The second-order valence-electron chi connectivity index (χ2n) is 6.65. The normalized spacial score (nSPS) is 13.2. The smallest absolute Gasteiger partial charge is 0.345 e. The summed E-state index contributed by atoms with van der Waals surface area (Å²) in [6.07, 6.45) is -3.97. The van der Waals surface area contributed by atoms with E-state index < -0.39 is 17.7 Å². The number of benzene rings is 1. The number of halogens is 4. The maximum absolute atomic E-state index is 12.9. The summed E-state index contributed by atoms with van der Waals surface area (Å²) in [5, 5.41) is 0. The molecule has 24 heavy (non-hydrogen) atoms. The molecule has 0 aliphatic carbocycles. The minimum Gasteiger partial charge on any atom is -0.345 e. The Morgan fingerprint density at radius 1 is 1.29 bits per heavy atom. The van der Waals surface area contributed by atoms with Gasteiger partial charge in [-0.15, -0.1) is 12.4 Å². The first-order chi connectivity index (χ1) is 10.5. The molecule has 1 unspecified atom stereocenters. The van der Waals surface area contributed by atoms with Crippen LogP contribution in [0.15, 0.2) is 24.3 Å². The number of likely N-dealkylation sites (N-methyl/N-ethyl adjacent to an activating group) is 1. The van der Waals surface area contributed by atoms with Crippen molar-refractivity contribution >= 4 is 18.3 Å². The van der Waals surface area contributed by atoms with Crippen molar-refractivity contribution in [1.82, 2.24) is 4.90 Å². The molecule has 0 bridgehead atoms. The minimum absolute atomic E-state index is 0. The van der Waals surface area contributed by atoms with Crippen LogP contribution >= 0.6 is 12.4 Å². The van der Waals surface area contributed by atoms with E-state index in [1.165, 1.54) is 6.07 Å². The van der Waals surface area contributed by atoms with E-state index in [0.717, 1.165) is 12.1 Å². The van der Waals surface area contributed by atoms with Gasteiger partial charge in [0.05, 0.1) is 11.5 Å². The summed E-state index contributed by atoms with van der Waals surface area (Å²) in [5.74, 6) is -0.774. The first-order valence-corrected chi connectivity index (χ1v) is 7.64. The highest BCUT2D eigenvalue weighted by molar-refractivity contribution is 5.85. The van der Waals surface area contributed by atoms with Gasteiger partial charge < -0.3 is 10.6 Å². The van der Waals surface area contributed by atoms with E-state index in [-0.39, 0.29) is 23.7 Å². The van der Waals surface area contributed by atoms with Crippen molar-refractivity contribution in [3.05, 3.63) is 35.4 Å². The first kappa shape index (κ1) is 22.7. The molecule has 1 aromatic rings. The molecule has 0 spiro atoms. The molecule has 0 fully saturated rings. The second-order valence-corrected chi connectivity index (χ2v) is 6.65. The van der Waals surface area contributed by atoms with Gasteiger partial charge >= 0.3 is 6.18 Å². The molecule has 0 aliphatic heterocycles. The number of nitrogens with zero attached hydrogens (tertiary/aromatic N) is 1. The highest BCUT2D eigenvalue weighted by atomic mass is 35.5.